The molecule has 0 saturated heterocycles. The first-order valence-electron chi connectivity index (χ1n) is 12.7. The molecule has 0 radical (unpaired) electrons. The van der Waals surface area contributed by atoms with E-state index in [4.69, 9.17) is 11.6 Å². The van der Waals surface area contributed by atoms with Crippen LogP contribution in [0.2, 0.25) is 5.02 Å². The zero-order chi connectivity index (χ0) is 29.0. The average Bonchev–Trinajstić information content (AvgIpc) is 2.86. The van der Waals surface area contributed by atoms with E-state index in [1.807, 2.05) is 52.0 Å². The van der Waals surface area contributed by atoms with Crippen molar-refractivity contribution in [2.24, 2.45) is 0 Å². The molecule has 0 aromatic heterocycles. The number of hydrogen-bond donors (Lipinski definition) is 1. The lowest BCUT2D eigenvalue weighted by molar-refractivity contribution is -0.140. The number of carbonyl (C=O) groups excluding carboxylic acids is 2. The van der Waals surface area contributed by atoms with Crippen LogP contribution in [0.1, 0.15) is 44.4 Å². The summed E-state index contributed by atoms with van der Waals surface area (Å²) in [7, 11) is -4.13. The van der Waals surface area contributed by atoms with Gasteiger partial charge in [0.1, 0.15) is 12.6 Å². The van der Waals surface area contributed by atoms with Gasteiger partial charge in [0.15, 0.2) is 0 Å². The Bertz CT molecular complexity index is 1440. The van der Waals surface area contributed by atoms with Gasteiger partial charge in [-0.1, -0.05) is 54.1 Å². The second-order valence-electron chi connectivity index (χ2n) is 10.6. The van der Waals surface area contributed by atoms with Crippen LogP contribution < -0.4 is 9.62 Å². The lowest BCUT2D eigenvalue weighted by Gasteiger charge is -2.34. The highest BCUT2D eigenvalue weighted by Gasteiger charge is 2.34. The molecule has 1 atom stereocenters. The molecule has 39 heavy (non-hydrogen) atoms. The van der Waals surface area contributed by atoms with Gasteiger partial charge in [-0.15, -0.1) is 0 Å². The summed E-state index contributed by atoms with van der Waals surface area (Å²) >= 11 is 6.16. The van der Waals surface area contributed by atoms with Crippen molar-refractivity contribution in [1.82, 2.24) is 10.2 Å². The molecule has 0 fully saturated rings. The van der Waals surface area contributed by atoms with E-state index in [9.17, 15) is 18.0 Å². The highest BCUT2D eigenvalue weighted by Crippen LogP contribution is 2.29. The van der Waals surface area contributed by atoms with Crippen molar-refractivity contribution in [3.63, 3.8) is 0 Å². The first-order valence-corrected chi connectivity index (χ1v) is 14.5. The molecular formula is C30H36ClN3O4S. The van der Waals surface area contributed by atoms with Crippen LogP contribution in [-0.4, -0.2) is 43.3 Å². The standard InChI is InChI=1S/C30H36ClN3O4S/c1-21-12-10-11-13-24(21)19-33(23(3)29(36)32-30(4,5)6)28(35)20-34(27-17-16-25(31)18-22(27)2)39(37,38)26-14-8-7-9-15-26/h7-18,23H,19-20H2,1-6H3,(H,32,36)/t23-/m1/s1. The Morgan fingerprint density at radius 2 is 1.54 bits per heavy atom. The van der Waals surface area contributed by atoms with Gasteiger partial charge in [-0.25, -0.2) is 8.42 Å². The number of nitrogens with one attached hydrogen (secondary N) is 1. The molecule has 0 unspecified atom stereocenters. The van der Waals surface area contributed by atoms with Crippen LogP contribution in [0.4, 0.5) is 5.69 Å². The van der Waals surface area contributed by atoms with Crippen molar-refractivity contribution in [3.8, 4) is 0 Å². The maximum absolute atomic E-state index is 14.0. The number of aryl methyl sites for hydroxylation is 2. The number of nitrogens with zero attached hydrogens (tertiary/aromatic N) is 2. The minimum Gasteiger partial charge on any atom is -0.350 e. The van der Waals surface area contributed by atoms with E-state index in [1.165, 1.54) is 17.0 Å². The van der Waals surface area contributed by atoms with Gasteiger partial charge in [-0.05, 0) is 88.6 Å². The Balaban J connectivity index is 2.07. The number of rotatable bonds is 9. The van der Waals surface area contributed by atoms with Crippen molar-refractivity contribution in [2.45, 2.75) is 64.6 Å². The molecule has 0 aliphatic rings. The molecule has 0 heterocycles. The molecule has 0 saturated carbocycles. The van der Waals surface area contributed by atoms with E-state index in [1.54, 1.807) is 50.2 Å². The van der Waals surface area contributed by atoms with Crippen LogP contribution in [0.3, 0.4) is 0 Å². The summed E-state index contributed by atoms with van der Waals surface area (Å²) in [5, 5.41) is 3.38. The molecule has 0 bridgehead atoms. The monoisotopic (exact) mass is 569 g/mol. The zero-order valence-electron chi connectivity index (χ0n) is 23.2. The molecule has 7 nitrogen and oxygen atoms in total. The first-order chi connectivity index (χ1) is 18.2. The van der Waals surface area contributed by atoms with Gasteiger partial charge in [-0.3, -0.25) is 13.9 Å². The number of carbonyl (C=O) groups is 2. The summed E-state index contributed by atoms with van der Waals surface area (Å²) < 4.78 is 28.8. The number of benzene rings is 3. The van der Waals surface area contributed by atoms with Crippen molar-refractivity contribution >= 4 is 39.1 Å². The highest BCUT2D eigenvalue weighted by atomic mass is 35.5. The largest absolute Gasteiger partial charge is 0.350 e. The number of sulfonamides is 1. The third-order valence-electron chi connectivity index (χ3n) is 6.31. The van der Waals surface area contributed by atoms with Crippen molar-refractivity contribution < 1.29 is 18.0 Å². The molecule has 3 aromatic carbocycles. The SMILES string of the molecule is Cc1ccccc1CN(C(=O)CN(c1ccc(Cl)cc1C)S(=O)(=O)c1ccccc1)[C@H](C)C(=O)NC(C)(C)C. The van der Waals surface area contributed by atoms with Gasteiger partial charge in [0.05, 0.1) is 10.6 Å². The molecule has 1 N–H and O–H groups in total. The predicted octanol–water partition coefficient (Wildman–Crippen LogP) is 5.48. The molecule has 3 aromatic rings. The van der Waals surface area contributed by atoms with Crippen molar-refractivity contribution in [2.75, 3.05) is 10.8 Å². The van der Waals surface area contributed by atoms with E-state index < -0.39 is 34.1 Å². The van der Waals surface area contributed by atoms with Gasteiger partial charge in [-0.2, -0.15) is 0 Å². The highest BCUT2D eigenvalue weighted by molar-refractivity contribution is 7.92. The minimum absolute atomic E-state index is 0.0520. The topological polar surface area (TPSA) is 86.8 Å². The average molecular weight is 570 g/mol. The van der Waals surface area contributed by atoms with Crippen LogP contribution in [0.5, 0.6) is 0 Å². The molecule has 2 amide bonds. The Morgan fingerprint density at radius 1 is 0.923 bits per heavy atom. The fourth-order valence-electron chi connectivity index (χ4n) is 4.16. The Labute approximate surface area is 236 Å². The summed E-state index contributed by atoms with van der Waals surface area (Å²) in [4.78, 5) is 28.7. The number of anilines is 1. The van der Waals surface area contributed by atoms with Gasteiger partial charge >= 0.3 is 0 Å². The normalized spacial score (nSPS) is 12.5. The van der Waals surface area contributed by atoms with E-state index in [-0.39, 0.29) is 17.3 Å². The van der Waals surface area contributed by atoms with E-state index in [0.29, 0.717) is 16.3 Å². The maximum atomic E-state index is 14.0. The summed E-state index contributed by atoms with van der Waals surface area (Å²) in [6, 6.07) is 19.5. The number of amides is 2. The summed E-state index contributed by atoms with van der Waals surface area (Å²) in [5.74, 6) is -0.840. The Hall–Kier alpha value is -3.36. The smallest absolute Gasteiger partial charge is 0.264 e. The van der Waals surface area contributed by atoms with Crippen LogP contribution in [0, 0.1) is 13.8 Å². The zero-order valence-corrected chi connectivity index (χ0v) is 24.8. The number of hydrogen-bond acceptors (Lipinski definition) is 4. The lowest BCUT2D eigenvalue weighted by Crippen LogP contribution is -2.54. The molecule has 208 valence electrons. The molecule has 9 heteroatoms. The van der Waals surface area contributed by atoms with Crippen LogP contribution in [-0.2, 0) is 26.2 Å². The van der Waals surface area contributed by atoms with Crippen LogP contribution in [0.25, 0.3) is 0 Å². The summed E-state index contributed by atoms with van der Waals surface area (Å²) in [6.07, 6.45) is 0. The fraction of sp³-hybridized carbons (Fsp3) is 0.333. The molecule has 0 spiro atoms. The second-order valence-corrected chi connectivity index (χ2v) is 12.9. The van der Waals surface area contributed by atoms with E-state index in [2.05, 4.69) is 5.32 Å². The molecular weight excluding hydrogens is 534 g/mol. The van der Waals surface area contributed by atoms with Gasteiger partial charge in [0.25, 0.3) is 10.0 Å². The fourth-order valence-corrected chi connectivity index (χ4v) is 5.89. The third kappa shape index (κ3) is 7.61. The Kier molecular flexibility index (Phi) is 9.46. The lowest BCUT2D eigenvalue weighted by atomic mass is 10.1. The number of halogens is 1. The quantitative estimate of drug-likeness (QED) is 0.369. The summed E-state index contributed by atoms with van der Waals surface area (Å²) in [6.45, 7) is 10.6. The molecule has 0 aliphatic heterocycles. The van der Waals surface area contributed by atoms with E-state index in [0.717, 1.165) is 15.4 Å². The third-order valence-corrected chi connectivity index (χ3v) is 8.31. The van der Waals surface area contributed by atoms with Gasteiger partial charge in [0, 0.05) is 17.1 Å². The minimum atomic E-state index is -4.13. The van der Waals surface area contributed by atoms with Crippen LogP contribution in [0.15, 0.2) is 77.7 Å². The first kappa shape index (κ1) is 30.2. The maximum Gasteiger partial charge on any atom is 0.264 e. The van der Waals surface area contributed by atoms with Crippen molar-refractivity contribution in [1.29, 1.82) is 0 Å². The van der Waals surface area contributed by atoms with E-state index >= 15 is 0 Å². The van der Waals surface area contributed by atoms with Crippen LogP contribution >= 0.6 is 11.6 Å². The molecule has 0 aliphatic carbocycles. The second kappa shape index (κ2) is 12.2. The van der Waals surface area contributed by atoms with Crippen molar-refractivity contribution in [3.05, 3.63) is 94.5 Å². The molecule has 3 rings (SSSR count). The van der Waals surface area contributed by atoms with Gasteiger partial charge in [0.2, 0.25) is 11.8 Å². The predicted molar refractivity (Wildman–Crippen MR) is 156 cm³/mol. The van der Waals surface area contributed by atoms with Gasteiger partial charge < -0.3 is 10.2 Å². The summed E-state index contributed by atoms with van der Waals surface area (Å²) in [5.41, 5.74) is 2.24. The Morgan fingerprint density at radius 3 is 2.13 bits per heavy atom.